The Hall–Kier alpha value is -4.53. The fourth-order valence-electron chi connectivity index (χ4n) is 3.50. The van der Waals surface area contributed by atoms with Crippen LogP contribution in [-0.2, 0) is 0 Å². The van der Waals surface area contributed by atoms with E-state index in [1.165, 1.54) is 43.5 Å². The lowest BCUT2D eigenvalue weighted by Gasteiger charge is -2.18. The number of nitro benzene ring substituents is 1. The Morgan fingerprint density at radius 3 is 2.25 bits per heavy atom. The Labute approximate surface area is 182 Å². The summed E-state index contributed by atoms with van der Waals surface area (Å²) in [4.78, 5) is 49.7. The lowest BCUT2D eigenvalue weighted by atomic mass is 10.1. The Balaban J connectivity index is 1.62. The van der Waals surface area contributed by atoms with Gasteiger partial charge < -0.3 is 10.1 Å². The van der Waals surface area contributed by atoms with E-state index in [1.54, 1.807) is 31.2 Å². The molecule has 1 heterocycles. The molecule has 0 aliphatic carbocycles. The molecule has 0 radical (unpaired) electrons. The van der Waals surface area contributed by atoms with E-state index in [4.69, 9.17) is 4.74 Å². The molecule has 3 aromatic rings. The average molecular weight is 431 g/mol. The predicted octanol–water partition coefficient (Wildman–Crippen LogP) is 3.96. The van der Waals surface area contributed by atoms with E-state index in [0.29, 0.717) is 22.4 Å². The molecule has 3 aromatic carbocycles. The fourth-order valence-corrected chi connectivity index (χ4v) is 3.50. The number of benzene rings is 3. The number of carbonyl (C=O) groups is 3. The molecule has 0 saturated heterocycles. The summed E-state index contributed by atoms with van der Waals surface area (Å²) in [5, 5.41) is 13.8. The highest BCUT2D eigenvalue weighted by Gasteiger charge is 2.37. The summed E-state index contributed by atoms with van der Waals surface area (Å²) >= 11 is 0. The van der Waals surface area contributed by atoms with E-state index >= 15 is 0 Å². The number of methoxy groups -OCH3 is 1. The quantitative estimate of drug-likeness (QED) is 0.371. The molecule has 0 aromatic heterocycles. The summed E-state index contributed by atoms with van der Waals surface area (Å²) in [6, 6.07) is 15.2. The van der Waals surface area contributed by atoms with E-state index in [0.717, 1.165) is 4.90 Å². The van der Waals surface area contributed by atoms with Gasteiger partial charge in [-0.05, 0) is 37.3 Å². The molecule has 1 aliphatic heterocycles. The van der Waals surface area contributed by atoms with Crippen molar-refractivity contribution >= 4 is 34.8 Å². The number of nitro groups is 1. The van der Waals surface area contributed by atoms with Gasteiger partial charge in [-0.1, -0.05) is 18.2 Å². The monoisotopic (exact) mass is 431 g/mol. The van der Waals surface area contributed by atoms with Crippen LogP contribution in [0.1, 0.15) is 36.6 Å². The van der Waals surface area contributed by atoms with Gasteiger partial charge >= 0.3 is 0 Å². The number of amides is 3. The molecular formula is C23H17N3O6. The Bertz CT molecular complexity index is 1270. The first-order valence-corrected chi connectivity index (χ1v) is 9.54. The minimum atomic E-state index is -0.552. The van der Waals surface area contributed by atoms with Gasteiger partial charge in [0.2, 0.25) is 0 Å². The summed E-state index contributed by atoms with van der Waals surface area (Å²) < 4.78 is 5.36. The van der Waals surface area contributed by atoms with Crippen LogP contribution in [0.25, 0.3) is 0 Å². The van der Waals surface area contributed by atoms with Crippen molar-refractivity contribution in [2.75, 3.05) is 17.3 Å². The third-order valence-electron chi connectivity index (χ3n) is 5.14. The molecule has 32 heavy (non-hydrogen) atoms. The van der Waals surface area contributed by atoms with Crippen LogP contribution in [0.15, 0.2) is 60.7 Å². The van der Waals surface area contributed by atoms with E-state index in [2.05, 4.69) is 5.32 Å². The van der Waals surface area contributed by atoms with Crippen LogP contribution in [-0.4, -0.2) is 29.8 Å². The minimum Gasteiger partial charge on any atom is -0.494 e. The number of hydrogen-bond acceptors (Lipinski definition) is 6. The molecular weight excluding hydrogens is 414 g/mol. The van der Waals surface area contributed by atoms with Gasteiger partial charge in [0.1, 0.15) is 5.75 Å². The van der Waals surface area contributed by atoms with Gasteiger partial charge in [0.25, 0.3) is 23.4 Å². The number of anilines is 2. The van der Waals surface area contributed by atoms with Crippen LogP contribution in [0, 0.1) is 17.0 Å². The summed E-state index contributed by atoms with van der Waals surface area (Å²) in [5.74, 6) is -1.28. The number of carbonyl (C=O) groups excluding carboxylic acids is 3. The van der Waals surface area contributed by atoms with Crippen LogP contribution in [0.5, 0.6) is 5.75 Å². The molecule has 0 saturated carbocycles. The van der Waals surface area contributed by atoms with Crippen molar-refractivity contribution in [2.45, 2.75) is 6.92 Å². The number of nitrogens with one attached hydrogen (secondary N) is 1. The van der Waals surface area contributed by atoms with Crippen LogP contribution < -0.4 is 15.0 Å². The summed E-state index contributed by atoms with van der Waals surface area (Å²) in [6.45, 7) is 1.59. The van der Waals surface area contributed by atoms with Crippen LogP contribution in [0.2, 0.25) is 0 Å². The van der Waals surface area contributed by atoms with Crippen molar-refractivity contribution < 1.29 is 24.0 Å². The highest BCUT2D eigenvalue weighted by molar-refractivity contribution is 6.34. The Kier molecular flexibility index (Phi) is 5.15. The van der Waals surface area contributed by atoms with Crippen molar-refractivity contribution in [3.63, 3.8) is 0 Å². The lowest BCUT2D eigenvalue weighted by molar-refractivity contribution is -0.385. The number of aryl methyl sites for hydroxylation is 1. The maximum atomic E-state index is 12.8. The molecule has 0 fully saturated rings. The first-order valence-electron chi connectivity index (χ1n) is 9.54. The molecule has 0 spiro atoms. The second kappa shape index (κ2) is 7.95. The average Bonchev–Trinajstić information content (AvgIpc) is 3.04. The fraction of sp³-hybridized carbons (Fsp3) is 0.0870. The number of imide groups is 1. The van der Waals surface area contributed by atoms with Gasteiger partial charge in [0.15, 0.2) is 0 Å². The van der Waals surface area contributed by atoms with Gasteiger partial charge in [-0.2, -0.15) is 0 Å². The van der Waals surface area contributed by atoms with E-state index < -0.39 is 22.6 Å². The molecule has 0 unspecified atom stereocenters. The molecule has 1 aliphatic rings. The summed E-state index contributed by atoms with van der Waals surface area (Å²) in [6.07, 6.45) is 0. The maximum Gasteiger partial charge on any atom is 0.273 e. The molecule has 0 atom stereocenters. The van der Waals surface area contributed by atoms with Crippen molar-refractivity contribution in [3.8, 4) is 5.75 Å². The molecule has 4 rings (SSSR count). The van der Waals surface area contributed by atoms with Gasteiger partial charge in [0, 0.05) is 28.9 Å². The van der Waals surface area contributed by atoms with Crippen LogP contribution in [0.3, 0.4) is 0 Å². The smallest absolute Gasteiger partial charge is 0.273 e. The second-order valence-corrected chi connectivity index (χ2v) is 7.09. The van der Waals surface area contributed by atoms with Gasteiger partial charge in [-0.15, -0.1) is 0 Å². The van der Waals surface area contributed by atoms with Gasteiger partial charge in [0.05, 0.1) is 28.8 Å². The Morgan fingerprint density at radius 2 is 1.66 bits per heavy atom. The number of hydrogen-bond donors (Lipinski definition) is 1. The predicted molar refractivity (Wildman–Crippen MR) is 116 cm³/mol. The molecule has 9 nitrogen and oxygen atoms in total. The number of ether oxygens (including phenoxy) is 1. The van der Waals surface area contributed by atoms with E-state index in [1.807, 2.05) is 0 Å². The SMILES string of the molecule is COc1cc(NC(=O)c2ccc(C)c([N+](=O)[O-])c2)ccc1N1C(=O)c2ccccc2C1=O. The topological polar surface area (TPSA) is 119 Å². The van der Waals surface area contributed by atoms with Crippen molar-refractivity contribution in [3.05, 3.63) is 93.0 Å². The first-order chi connectivity index (χ1) is 15.3. The largest absolute Gasteiger partial charge is 0.494 e. The maximum absolute atomic E-state index is 12.8. The van der Waals surface area contributed by atoms with Gasteiger partial charge in [-0.3, -0.25) is 24.5 Å². The zero-order chi connectivity index (χ0) is 23.0. The second-order valence-electron chi connectivity index (χ2n) is 7.09. The number of nitrogens with zero attached hydrogens (tertiary/aromatic N) is 2. The number of rotatable bonds is 5. The zero-order valence-corrected chi connectivity index (χ0v) is 17.1. The third-order valence-corrected chi connectivity index (χ3v) is 5.14. The molecule has 3 amide bonds. The summed E-state index contributed by atoms with van der Waals surface area (Å²) in [7, 11) is 1.38. The first kappa shape index (κ1) is 20.7. The molecule has 9 heteroatoms. The van der Waals surface area contributed by atoms with E-state index in [-0.39, 0.29) is 22.7 Å². The Morgan fingerprint density at radius 1 is 1.00 bits per heavy atom. The standard InChI is InChI=1S/C23H17N3O6/c1-13-7-8-14(11-19(13)26(30)31)21(27)24-15-9-10-18(20(12-15)32-2)25-22(28)16-5-3-4-6-17(16)23(25)29/h3-12H,1-2H3,(H,24,27). The normalized spacial score (nSPS) is 12.5. The summed E-state index contributed by atoms with van der Waals surface area (Å²) in [5.41, 5.74) is 1.58. The van der Waals surface area contributed by atoms with Crippen molar-refractivity contribution in [1.29, 1.82) is 0 Å². The molecule has 1 N–H and O–H groups in total. The third kappa shape index (κ3) is 3.45. The molecule has 0 bridgehead atoms. The highest BCUT2D eigenvalue weighted by atomic mass is 16.6. The van der Waals surface area contributed by atoms with Crippen LogP contribution in [0.4, 0.5) is 17.1 Å². The van der Waals surface area contributed by atoms with Gasteiger partial charge in [-0.25, -0.2) is 4.90 Å². The lowest BCUT2D eigenvalue weighted by Crippen LogP contribution is -2.29. The minimum absolute atomic E-state index is 0.116. The van der Waals surface area contributed by atoms with Crippen molar-refractivity contribution in [2.24, 2.45) is 0 Å². The molecule has 160 valence electrons. The number of fused-ring (bicyclic) bond motifs is 1. The van der Waals surface area contributed by atoms with E-state index in [9.17, 15) is 24.5 Å². The zero-order valence-electron chi connectivity index (χ0n) is 17.1. The van der Waals surface area contributed by atoms with Crippen LogP contribution >= 0.6 is 0 Å². The van der Waals surface area contributed by atoms with Crippen molar-refractivity contribution in [1.82, 2.24) is 0 Å². The highest BCUT2D eigenvalue weighted by Crippen LogP contribution is 2.36.